The maximum absolute atomic E-state index is 14.5. The number of pyridine rings is 2. The number of alkyl halides is 3. The molecule has 10 rings (SSSR count). The van der Waals surface area contributed by atoms with Crippen LogP contribution in [0.25, 0.3) is 81.6 Å². The van der Waals surface area contributed by atoms with E-state index in [1.807, 2.05) is 138 Å². The molecule has 0 bridgehead atoms. The summed E-state index contributed by atoms with van der Waals surface area (Å²) in [4.78, 5) is 14.1. The number of benzene rings is 6. The van der Waals surface area contributed by atoms with E-state index < -0.39 is 19.8 Å². The summed E-state index contributed by atoms with van der Waals surface area (Å²) in [6.07, 6.45) is -0.914. The zero-order chi connectivity index (χ0) is 40.0. The summed E-state index contributed by atoms with van der Waals surface area (Å²) in [7, 11) is -1.23. The Morgan fingerprint density at radius 3 is 2.17 bits per heavy atom. The van der Waals surface area contributed by atoms with E-state index in [1.165, 1.54) is 16.5 Å². The standard InChI is InChI=1S/C35H19F3N3S.C14H16NSi.Ir/c36-35(37,38)26-19-18-25(32-30(26)31-33(42-32)24-14-5-4-12-22(24)20-39-31)34-40-27-15-7-9-17-29(27)41(34)28-16-8-6-13-23(28)21-10-2-1-3-11-21;1-16(2,3)13-9-10-14(15-11-13)12-7-5-4-6-8-12;/h1-17,19-20H;4-7,9-11H,1-3H3;/q2*-1;. The topological polar surface area (TPSA) is 43.6 Å². The minimum Gasteiger partial charge on any atom is -0.333 e. The number of para-hydroxylation sites is 3. The molecule has 0 saturated heterocycles. The maximum Gasteiger partial charge on any atom is 0.382 e. The van der Waals surface area contributed by atoms with Gasteiger partial charge in [0.2, 0.25) is 0 Å². The molecule has 0 fully saturated rings. The van der Waals surface area contributed by atoms with Crippen LogP contribution in [0.15, 0.2) is 158 Å². The molecule has 293 valence electrons. The van der Waals surface area contributed by atoms with Gasteiger partial charge in [0.05, 0.1) is 35.1 Å². The molecule has 4 aromatic heterocycles. The van der Waals surface area contributed by atoms with Crippen LogP contribution < -0.4 is 5.19 Å². The molecule has 1 radical (unpaired) electrons. The zero-order valence-electron chi connectivity index (χ0n) is 32.2. The predicted molar refractivity (Wildman–Crippen MR) is 235 cm³/mol. The largest absolute Gasteiger partial charge is 0.382 e. The molecule has 10 heteroatoms. The third-order valence-electron chi connectivity index (χ3n) is 10.2. The normalized spacial score (nSPS) is 11.8. The summed E-state index contributed by atoms with van der Waals surface area (Å²) in [5.41, 5.74) is 6.62. The Bertz CT molecular complexity index is 3090. The molecule has 10 aromatic rings. The molecule has 4 nitrogen and oxygen atoms in total. The zero-order valence-corrected chi connectivity index (χ0v) is 36.4. The van der Waals surface area contributed by atoms with Crippen LogP contribution in [0.5, 0.6) is 0 Å². The Morgan fingerprint density at radius 1 is 0.695 bits per heavy atom. The van der Waals surface area contributed by atoms with Crippen molar-refractivity contribution in [2.45, 2.75) is 25.8 Å². The number of hydrogen-bond donors (Lipinski definition) is 0. The van der Waals surface area contributed by atoms with E-state index in [2.05, 4.69) is 53.9 Å². The van der Waals surface area contributed by atoms with Crippen LogP contribution in [-0.2, 0) is 26.3 Å². The summed E-state index contributed by atoms with van der Waals surface area (Å²) >= 11 is 1.31. The van der Waals surface area contributed by atoms with Gasteiger partial charge < -0.3 is 9.55 Å². The van der Waals surface area contributed by atoms with E-state index in [4.69, 9.17) is 4.98 Å². The van der Waals surface area contributed by atoms with Crippen LogP contribution in [0.2, 0.25) is 19.6 Å². The summed E-state index contributed by atoms with van der Waals surface area (Å²) in [5.74, 6) is 0.522. The van der Waals surface area contributed by atoms with Gasteiger partial charge in [0, 0.05) is 54.5 Å². The smallest absolute Gasteiger partial charge is 0.333 e. The van der Waals surface area contributed by atoms with Gasteiger partial charge in [-0.05, 0) is 44.9 Å². The van der Waals surface area contributed by atoms with Gasteiger partial charge in [0.15, 0.2) is 0 Å². The molecular weight excluding hydrogens is 954 g/mol. The second-order valence-electron chi connectivity index (χ2n) is 15.0. The Kier molecular flexibility index (Phi) is 10.9. The Morgan fingerprint density at radius 2 is 1.42 bits per heavy atom. The first-order chi connectivity index (χ1) is 28.1. The quantitative estimate of drug-likeness (QED) is 0.127. The molecule has 0 aliphatic heterocycles. The van der Waals surface area contributed by atoms with Crippen molar-refractivity contribution in [1.82, 2.24) is 19.5 Å². The van der Waals surface area contributed by atoms with Gasteiger partial charge in [-0.3, -0.25) is 9.97 Å². The fraction of sp³-hybridized carbons (Fsp3) is 0.0816. The van der Waals surface area contributed by atoms with Crippen molar-refractivity contribution in [3.05, 3.63) is 176 Å². The number of nitrogens with zero attached hydrogens (tertiary/aromatic N) is 4. The van der Waals surface area contributed by atoms with Crippen molar-refractivity contribution in [3.8, 4) is 39.5 Å². The molecule has 0 aliphatic carbocycles. The molecular formula is C49H35F3IrN4SSi-2. The van der Waals surface area contributed by atoms with Crippen LogP contribution in [0.4, 0.5) is 13.2 Å². The van der Waals surface area contributed by atoms with Gasteiger partial charge in [-0.1, -0.05) is 128 Å². The Labute approximate surface area is 358 Å². The predicted octanol–water partition coefficient (Wildman–Crippen LogP) is 13.2. The number of thiophene rings is 1. The minimum absolute atomic E-state index is 0. The minimum atomic E-state index is -4.57. The fourth-order valence-electron chi connectivity index (χ4n) is 7.29. The van der Waals surface area contributed by atoms with E-state index in [9.17, 15) is 13.2 Å². The number of aromatic nitrogens is 4. The van der Waals surface area contributed by atoms with E-state index in [0.29, 0.717) is 26.3 Å². The summed E-state index contributed by atoms with van der Waals surface area (Å²) in [5, 5.41) is 3.22. The molecule has 6 aromatic carbocycles. The Balaban J connectivity index is 0.000000240. The number of imidazole rings is 1. The number of hydrogen-bond acceptors (Lipinski definition) is 4. The van der Waals surface area contributed by atoms with Gasteiger partial charge >= 0.3 is 6.18 Å². The van der Waals surface area contributed by atoms with E-state index in [0.717, 1.165) is 55.9 Å². The van der Waals surface area contributed by atoms with Crippen LogP contribution in [0.3, 0.4) is 0 Å². The molecule has 0 aliphatic rings. The van der Waals surface area contributed by atoms with Gasteiger partial charge in [0.1, 0.15) is 0 Å². The number of rotatable bonds is 5. The van der Waals surface area contributed by atoms with Gasteiger partial charge in [0.25, 0.3) is 0 Å². The van der Waals surface area contributed by atoms with E-state index >= 15 is 0 Å². The molecule has 0 atom stereocenters. The average molecular weight is 989 g/mol. The van der Waals surface area contributed by atoms with Gasteiger partial charge in [-0.2, -0.15) is 24.5 Å². The van der Waals surface area contributed by atoms with Crippen molar-refractivity contribution in [2.75, 3.05) is 0 Å². The van der Waals surface area contributed by atoms with Crippen molar-refractivity contribution in [3.63, 3.8) is 0 Å². The SMILES string of the molecule is C[Si](C)(C)c1ccc(-c2[c-]cccc2)nc1.FC(F)(F)c1c[c-]c(-c2nc3ccccc3n2-c2ccccc2-c2ccccc2)c2sc3c4ccccc4cnc3c12.[Ir]. The number of fused-ring (bicyclic) bond motifs is 6. The first-order valence-corrected chi connectivity index (χ1v) is 23.2. The molecule has 0 amide bonds. The van der Waals surface area contributed by atoms with Crippen LogP contribution >= 0.6 is 11.3 Å². The van der Waals surface area contributed by atoms with Gasteiger partial charge in [-0.15, -0.1) is 48.0 Å². The maximum atomic E-state index is 14.5. The number of halogens is 3. The van der Waals surface area contributed by atoms with Crippen molar-refractivity contribution >= 4 is 66.7 Å². The average Bonchev–Trinajstić information content (AvgIpc) is 3.83. The first-order valence-electron chi connectivity index (χ1n) is 18.8. The van der Waals surface area contributed by atoms with Crippen LogP contribution in [0, 0.1) is 12.1 Å². The summed E-state index contributed by atoms with van der Waals surface area (Å²) < 4.78 is 46.6. The molecule has 0 N–H and O–H groups in total. The van der Waals surface area contributed by atoms with Crippen molar-refractivity contribution < 1.29 is 33.3 Å². The van der Waals surface area contributed by atoms with Crippen molar-refractivity contribution in [2.24, 2.45) is 0 Å². The first kappa shape index (κ1) is 40.0. The van der Waals surface area contributed by atoms with Crippen LogP contribution in [0.1, 0.15) is 5.56 Å². The second kappa shape index (κ2) is 16.1. The Hall–Kier alpha value is -5.77. The molecule has 0 unspecified atom stereocenters. The summed E-state index contributed by atoms with van der Waals surface area (Å²) in [6, 6.07) is 52.9. The molecule has 0 spiro atoms. The molecule has 4 heterocycles. The monoisotopic (exact) mass is 989 g/mol. The molecule has 59 heavy (non-hydrogen) atoms. The third kappa shape index (κ3) is 7.65. The molecule has 0 saturated carbocycles. The second-order valence-corrected chi connectivity index (χ2v) is 21.1. The fourth-order valence-corrected chi connectivity index (χ4v) is 9.64. The van der Waals surface area contributed by atoms with E-state index in [-0.39, 0.29) is 25.5 Å². The van der Waals surface area contributed by atoms with Crippen molar-refractivity contribution in [1.29, 1.82) is 0 Å². The third-order valence-corrected chi connectivity index (χ3v) is 13.5. The summed E-state index contributed by atoms with van der Waals surface area (Å²) in [6.45, 7) is 7.00. The van der Waals surface area contributed by atoms with Crippen LogP contribution in [-0.4, -0.2) is 27.6 Å². The van der Waals surface area contributed by atoms with Gasteiger partial charge in [-0.25, -0.2) is 0 Å². The van der Waals surface area contributed by atoms with E-state index in [1.54, 1.807) is 6.20 Å².